The molecule has 2 heterocycles. The molecule has 2 fully saturated rings. The van der Waals surface area contributed by atoms with Gasteiger partial charge in [-0.15, -0.1) is 12.4 Å². The Balaban J connectivity index is 0.00000243. The van der Waals surface area contributed by atoms with Gasteiger partial charge in [-0.2, -0.15) is 13.2 Å². The highest BCUT2D eigenvalue weighted by Gasteiger charge is 2.40. The van der Waals surface area contributed by atoms with Gasteiger partial charge in [0.25, 0.3) is 11.6 Å². The highest BCUT2D eigenvalue weighted by molar-refractivity contribution is 5.98. The van der Waals surface area contributed by atoms with Crippen molar-refractivity contribution >= 4 is 24.0 Å². The van der Waals surface area contributed by atoms with Crippen molar-refractivity contribution in [2.75, 3.05) is 26.2 Å². The topological polar surface area (TPSA) is 75.5 Å². The first-order valence-electron chi connectivity index (χ1n) is 8.08. The summed E-state index contributed by atoms with van der Waals surface area (Å²) in [4.78, 5) is 24.3. The van der Waals surface area contributed by atoms with Gasteiger partial charge in [-0.25, -0.2) is 0 Å². The fourth-order valence-electron chi connectivity index (χ4n) is 3.62. The summed E-state index contributed by atoms with van der Waals surface area (Å²) in [5.74, 6) is -0.582. The number of carbonyl (C=O) groups excluding carboxylic acids is 1. The Kier molecular flexibility index (Phi) is 5.82. The van der Waals surface area contributed by atoms with Crippen molar-refractivity contribution in [1.82, 2.24) is 10.2 Å². The third-order valence-electron chi connectivity index (χ3n) is 5.20. The predicted octanol–water partition coefficient (Wildman–Crippen LogP) is 3.25. The lowest BCUT2D eigenvalue weighted by Crippen LogP contribution is -2.44. The molecule has 26 heavy (non-hydrogen) atoms. The number of nitrogens with one attached hydrogen (secondary N) is 1. The molecule has 0 radical (unpaired) electrons. The lowest BCUT2D eigenvalue weighted by molar-refractivity contribution is -0.385. The Labute approximate surface area is 154 Å². The van der Waals surface area contributed by atoms with Gasteiger partial charge < -0.3 is 10.2 Å². The summed E-state index contributed by atoms with van der Waals surface area (Å²) in [6.07, 6.45) is -2.07. The van der Waals surface area contributed by atoms with E-state index in [1.807, 2.05) is 0 Å². The Morgan fingerprint density at radius 2 is 1.88 bits per heavy atom. The Hall–Kier alpha value is -1.87. The van der Waals surface area contributed by atoms with Gasteiger partial charge in [0.15, 0.2) is 0 Å². The van der Waals surface area contributed by atoms with E-state index in [-0.39, 0.29) is 23.4 Å². The van der Waals surface area contributed by atoms with Crippen LogP contribution in [0.1, 0.15) is 35.2 Å². The smallest absolute Gasteiger partial charge is 0.338 e. The van der Waals surface area contributed by atoms with Crippen LogP contribution >= 0.6 is 12.4 Å². The Morgan fingerprint density at radius 3 is 2.38 bits per heavy atom. The van der Waals surface area contributed by atoms with Crippen LogP contribution in [0.4, 0.5) is 18.9 Å². The minimum atomic E-state index is -4.70. The number of carbonyl (C=O) groups is 1. The van der Waals surface area contributed by atoms with Crippen LogP contribution in [0.3, 0.4) is 0 Å². The summed E-state index contributed by atoms with van der Waals surface area (Å²) in [6, 6.07) is 2.05. The third-order valence-corrected chi connectivity index (χ3v) is 5.20. The van der Waals surface area contributed by atoms with E-state index in [4.69, 9.17) is 0 Å². The van der Waals surface area contributed by atoms with Gasteiger partial charge in [0.2, 0.25) is 0 Å². The summed E-state index contributed by atoms with van der Waals surface area (Å²) < 4.78 is 38.3. The van der Waals surface area contributed by atoms with E-state index in [0.717, 1.165) is 38.4 Å². The minimum absolute atomic E-state index is 0. The number of piperidine rings is 1. The molecule has 10 heteroatoms. The first-order valence-corrected chi connectivity index (χ1v) is 8.08. The zero-order valence-electron chi connectivity index (χ0n) is 13.8. The van der Waals surface area contributed by atoms with Crippen molar-refractivity contribution < 1.29 is 22.9 Å². The second-order valence-corrected chi connectivity index (χ2v) is 6.71. The number of nitro groups is 1. The average Bonchev–Trinajstić information content (AvgIpc) is 3.01. The molecule has 2 aliphatic heterocycles. The lowest BCUT2D eigenvalue weighted by atomic mass is 9.78. The van der Waals surface area contributed by atoms with E-state index in [1.165, 1.54) is 4.90 Å². The molecule has 144 valence electrons. The molecule has 1 amide bonds. The molecular weight excluding hydrogens is 375 g/mol. The SMILES string of the molecule is Cl.O=C(c1ccc(C(F)(F)F)cc1[N+](=O)[O-])N1CCC2(CCNC2)CC1. The summed E-state index contributed by atoms with van der Waals surface area (Å²) in [5.41, 5.74) is -2.06. The molecule has 0 atom stereocenters. The monoisotopic (exact) mass is 393 g/mol. The van der Waals surface area contributed by atoms with Gasteiger partial charge in [0, 0.05) is 25.7 Å². The lowest BCUT2D eigenvalue weighted by Gasteiger charge is -2.38. The maximum Gasteiger partial charge on any atom is 0.416 e. The molecule has 6 nitrogen and oxygen atoms in total. The van der Waals surface area contributed by atoms with Crippen molar-refractivity contribution in [3.05, 3.63) is 39.4 Å². The number of alkyl halides is 3. The molecule has 0 bridgehead atoms. The summed E-state index contributed by atoms with van der Waals surface area (Å²) in [6.45, 7) is 2.76. The van der Waals surface area contributed by atoms with E-state index in [2.05, 4.69) is 5.32 Å². The number of likely N-dealkylation sites (tertiary alicyclic amines) is 1. The molecule has 3 rings (SSSR count). The molecule has 0 aromatic heterocycles. The van der Waals surface area contributed by atoms with E-state index < -0.39 is 28.3 Å². The van der Waals surface area contributed by atoms with Gasteiger partial charge in [0.05, 0.1) is 10.5 Å². The first-order chi connectivity index (χ1) is 11.7. The Bertz CT molecular complexity index is 696. The fraction of sp³-hybridized carbons (Fsp3) is 0.562. The van der Waals surface area contributed by atoms with Gasteiger partial charge in [-0.1, -0.05) is 0 Å². The fourth-order valence-corrected chi connectivity index (χ4v) is 3.62. The molecule has 1 N–H and O–H groups in total. The second-order valence-electron chi connectivity index (χ2n) is 6.71. The van der Waals surface area contributed by atoms with Crippen LogP contribution in [-0.2, 0) is 6.18 Å². The van der Waals surface area contributed by atoms with Crippen molar-refractivity contribution in [1.29, 1.82) is 0 Å². The molecule has 2 aliphatic rings. The normalized spacial score (nSPS) is 19.3. The maximum absolute atomic E-state index is 12.8. The Morgan fingerprint density at radius 1 is 1.23 bits per heavy atom. The largest absolute Gasteiger partial charge is 0.416 e. The van der Waals surface area contributed by atoms with Gasteiger partial charge >= 0.3 is 6.18 Å². The molecule has 1 aromatic carbocycles. The summed E-state index contributed by atoms with van der Waals surface area (Å²) in [7, 11) is 0. The number of hydrogen-bond acceptors (Lipinski definition) is 4. The highest BCUT2D eigenvalue weighted by Crippen LogP contribution is 2.38. The number of hydrogen-bond donors (Lipinski definition) is 1. The van der Waals surface area contributed by atoms with Crippen molar-refractivity contribution in [2.45, 2.75) is 25.4 Å². The molecule has 0 saturated carbocycles. The average molecular weight is 394 g/mol. The molecule has 0 aliphatic carbocycles. The van der Waals surface area contributed by atoms with Crippen LogP contribution in [0.2, 0.25) is 0 Å². The zero-order chi connectivity index (χ0) is 18.2. The van der Waals surface area contributed by atoms with Crippen LogP contribution in [0, 0.1) is 15.5 Å². The molecular formula is C16H19ClF3N3O3. The first kappa shape index (κ1) is 20.4. The van der Waals surface area contributed by atoms with Crippen LogP contribution in [-0.4, -0.2) is 41.9 Å². The van der Waals surface area contributed by atoms with E-state index >= 15 is 0 Å². The molecule has 1 aromatic rings. The van der Waals surface area contributed by atoms with Gasteiger partial charge in [-0.3, -0.25) is 14.9 Å². The number of benzene rings is 1. The predicted molar refractivity (Wildman–Crippen MR) is 90.4 cm³/mol. The third kappa shape index (κ3) is 3.93. The van der Waals surface area contributed by atoms with Crippen LogP contribution in [0.15, 0.2) is 18.2 Å². The van der Waals surface area contributed by atoms with Crippen LogP contribution in [0.5, 0.6) is 0 Å². The van der Waals surface area contributed by atoms with E-state index in [1.54, 1.807) is 0 Å². The second kappa shape index (κ2) is 7.40. The number of amides is 1. The number of rotatable bonds is 2. The quantitative estimate of drug-likeness (QED) is 0.618. The van der Waals surface area contributed by atoms with Gasteiger partial charge in [-0.05, 0) is 43.4 Å². The summed E-state index contributed by atoms with van der Waals surface area (Å²) >= 11 is 0. The van der Waals surface area contributed by atoms with Crippen LogP contribution < -0.4 is 5.32 Å². The minimum Gasteiger partial charge on any atom is -0.338 e. The van der Waals surface area contributed by atoms with Gasteiger partial charge in [0.1, 0.15) is 5.56 Å². The molecule has 0 unspecified atom stereocenters. The van der Waals surface area contributed by atoms with E-state index in [9.17, 15) is 28.1 Å². The summed E-state index contributed by atoms with van der Waals surface area (Å²) in [5, 5.41) is 14.5. The molecule has 1 spiro atoms. The number of nitrogens with zero attached hydrogens (tertiary/aromatic N) is 2. The zero-order valence-corrected chi connectivity index (χ0v) is 14.7. The molecule has 2 saturated heterocycles. The van der Waals surface area contributed by atoms with Crippen molar-refractivity contribution in [2.24, 2.45) is 5.41 Å². The van der Waals surface area contributed by atoms with Crippen molar-refractivity contribution in [3.8, 4) is 0 Å². The van der Waals surface area contributed by atoms with Crippen LogP contribution in [0.25, 0.3) is 0 Å². The van der Waals surface area contributed by atoms with Crippen molar-refractivity contribution in [3.63, 3.8) is 0 Å². The number of nitro benzene ring substituents is 1. The standard InChI is InChI=1S/C16H18F3N3O3.ClH/c17-16(18,19)11-1-2-12(13(9-11)22(24)25)14(23)21-7-4-15(5-8-21)3-6-20-10-15;/h1-2,9,20H,3-8,10H2;1H. The number of halogens is 4. The maximum atomic E-state index is 12.8. The highest BCUT2D eigenvalue weighted by atomic mass is 35.5. The van der Waals surface area contributed by atoms with E-state index in [0.29, 0.717) is 25.2 Å².